The molecule has 11 heteroatoms. The maximum atomic E-state index is 13.3. The van der Waals surface area contributed by atoms with Crippen molar-refractivity contribution in [1.29, 1.82) is 0 Å². The van der Waals surface area contributed by atoms with Gasteiger partial charge in [0.15, 0.2) is 5.16 Å². The molecule has 2 aromatic carbocycles. The molecule has 0 atom stereocenters. The summed E-state index contributed by atoms with van der Waals surface area (Å²) in [7, 11) is 1.53. The number of carbonyl (C=O) groups excluding carboxylic acids is 1. The monoisotopic (exact) mass is 470 g/mol. The highest BCUT2D eigenvalue weighted by Gasteiger charge is 2.24. The Bertz CT molecular complexity index is 1240. The topological polar surface area (TPSA) is 116 Å². The molecule has 0 saturated carbocycles. The zero-order valence-corrected chi connectivity index (χ0v) is 18.6. The lowest BCUT2D eigenvalue weighted by Gasteiger charge is -2.16. The third-order valence-electron chi connectivity index (χ3n) is 4.69. The number of carbonyl (C=O) groups is 1. The molecule has 1 aliphatic rings. The molecule has 1 aliphatic heterocycles. The molecule has 164 valence electrons. The molecule has 0 radical (unpaired) electrons. The van der Waals surface area contributed by atoms with E-state index in [0.717, 1.165) is 23.2 Å². The maximum Gasteiger partial charge on any atom is 0.272 e. The zero-order valence-electron chi connectivity index (χ0n) is 16.9. The van der Waals surface area contributed by atoms with E-state index in [-0.39, 0.29) is 22.9 Å². The number of thioether (sulfide) groups is 2. The van der Waals surface area contributed by atoms with E-state index in [1.54, 1.807) is 18.2 Å². The Kier molecular flexibility index (Phi) is 6.47. The number of aryl methyl sites for hydroxylation is 1. The van der Waals surface area contributed by atoms with Crippen LogP contribution in [-0.4, -0.2) is 39.0 Å². The van der Waals surface area contributed by atoms with Gasteiger partial charge in [-0.3, -0.25) is 24.3 Å². The summed E-state index contributed by atoms with van der Waals surface area (Å²) in [5, 5.41) is 13.9. The van der Waals surface area contributed by atoms with Crippen molar-refractivity contribution in [2.24, 2.45) is 0 Å². The zero-order chi connectivity index (χ0) is 22.7. The number of non-ortho nitro benzene ring substituents is 1. The highest BCUT2D eigenvalue weighted by atomic mass is 32.2. The standard InChI is InChI=1S/C21H18N4O5S2/c1-30-17-5-3-2-4-16(17)24-20(27)19-15(10-11-31-19)23-21(24)32-12-18(26)22-13-6-8-14(9-7-13)25(28)29/h2-9H,10-12H2,1H3,(H,22,26). The van der Waals surface area contributed by atoms with Gasteiger partial charge in [-0.25, -0.2) is 4.98 Å². The lowest BCUT2D eigenvalue weighted by molar-refractivity contribution is -0.384. The molecular weight excluding hydrogens is 452 g/mol. The Morgan fingerprint density at radius 2 is 2.03 bits per heavy atom. The van der Waals surface area contributed by atoms with Crippen LogP contribution in [0.4, 0.5) is 11.4 Å². The minimum absolute atomic E-state index is 0.00447. The van der Waals surface area contributed by atoms with Gasteiger partial charge in [-0.05, 0) is 24.3 Å². The lowest BCUT2D eigenvalue weighted by Crippen LogP contribution is -2.25. The number of nitro benzene ring substituents is 1. The predicted octanol–water partition coefficient (Wildman–Crippen LogP) is 3.53. The Balaban J connectivity index is 1.59. The molecule has 0 unspecified atom stereocenters. The predicted molar refractivity (Wildman–Crippen MR) is 123 cm³/mol. The summed E-state index contributed by atoms with van der Waals surface area (Å²) in [5.41, 5.74) is 1.51. The van der Waals surface area contributed by atoms with Crippen LogP contribution in [0.15, 0.2) is 63.4 Å². The Hall–Kier alpha value is -3.31. The second kappa shape index (κ2) is 9.45. The molecule has 0 spiro atoms. The van der Waals surface area contributed by atoms with Crippen LogP contribution in [0.25, 0.3) is 5.69 Å². The normalized spacial score (nSPS) is 12.3. The van der Waals surface area contributed by atoms with Crippen LogP contribution >= 0.6 is 23.5 Å². The molecule has 1 aromatic heterocycles. The van der Waals surface area contributed by atoms with Gasteiger partial charge in [0, 0.05) is 30.0 Å². The first-order valence-corrected chi connectivity index (χ1v) is 11.5. The summed E-state index contributed by atoms with van der Waals surface area (Å²) in [6.45, 7) is 0. The molecule has 1 N–H and O–H groups in total. The number of nitro groups is 1. The van der Waals surface area contributed by atoms with Gasteiger partial charge in [0.05, 0.1) is 34.1 Å². The van der Waals surface area contributed by atoms with Crippen molar-refractivity contribution in [3.8, 4) is 11.4 Å². The molecule has 0 saturated heterocycles. The van der Waals surface area contributed by atoms with Crippen LogP contribution in [0.5, 0.6) is 5.75 Å². The van der Waals surface area contributed by atoms with E-state index in [2.05, 4.69) is 10.3 Å². The number of hydrogen-bond acceptors (Lipinski definition) is 8. The number of methoxy groups -OCH3 is 1. The van der Waals surface area contributed by atoms with Crippen molar-refractivity contribution >= 4 is 40.8 Å². The molecule has 32 heavy (non-hydrogen) atoms. The average Bonchev–Trinajstić information content (AvgIpc) is 3.27. The van der Waals surface area contributed by atoms with Crippen molar-refractivity contribution in [3.63, 3.8) is 0 Å². The lowest BCUT2D eigenvalue weighted by atomic mass is 10.2. The number of anilines is 1. The van der Waals surface area contributed by atoms with E-state index in [9.17, 15) is 19.7 Å². The number of nitrogens with zero attached hydrogens (tertiary/aromatic N) is 3. The summed E-state index contributed by atoms with van der Waals surface area (Å²) in [4.78, 5) is 41.3. The number of nitrogens with one attached hydrogen (secondary N) is 1. The summed E-state index contributed by atoms with van der Waals surface area (Å²) in [6.07, 6.45) is 0.699. The fraction of sp³-hybridized carbons (Fsp3) is 0.190. The highest BCUT2D eigenvalue weighted by molar-refractivity contribution is 8.00. The van der Waals surface area contributed by atoms with E-state index >= 15 is 0 Å². The van der Waals surface area contributed by atoms with Crippen LogP contribution in [0.3, 0.4) is 0 Å². The van der Waals surface area contributed by atoms with Crippen molar-refractivity contribution in [2.75, 3.05) is 23.9 Å². The summed E-state index contributed by atoms with van der Waals surface area (Å²) in [6, 6.07) is 12.7. The van der Waals surface area contributed by atoms with Gasteiger partial charge in [0.1, 0.15) is 5.75 Å². The van der Waals surface area contributed by atoms with Crippen LogP contribution in [-0.2, 0) is 11.2 Å². The summed E-state index contributed by atoms with van der Waals surface area (Å²) < 4.78 is 6.92. The van der Waals surface area contributed by atoms with Gasteiger partial charge in [-0.1, -0.05) is 23.9 Å². The number of fused-ring (bicyclic) bond motifs is 1. The van der Waals surface area contributed by atoms with E-state index < -0.39 is 4.92 Å². The maximum absolute atomic E-state index is 13.3. The van der Waals surface area contributed by atoms with E-state index in [0.29, 0.717) is 33.6 Å². The number of amides is 1. The first-order valence-electron chi connectivity index (χ1n) is 9.57. The first-order chi connectivity index (χ1) is 15.5. The Morgan fingerprint density at radius 1 is 1.28 bits per heavy atom. The highest BCUT2D eigenvalue weighted by Crippen LogP contribution is 2.32. The molecule has 1 amide bonds. The quantitative estimate of drug-likeness (QED) is 0.241. The molecule has 0 aliphatic carbocycles. The van der Waals surface area contributed by atoms with Gasteiger partial charge < -0.3 is 10.1 Å². The van der Waals surface area contributed by atoms with Crippen LogP contribution in [0, 0.1) is 10.1 Å². The van der Waals surface area contributed by atoms with Crippen LogP contribution in [0.2, 0.25) is 0 Å². The molecule has 9 nitrogen and oxygen atoms in total. The first kappa shape index (κ1) is 21.9. The minimum Gasteiger partial charge on any atom is -0.495 e. The van der Waals surface area contributed by atoms with Crippen molar-refractivity contribution in [1.82, 2.24) is 9.55 Å². The molecular formula is C21H18N4O5S2. The van der Waals surface area contributed by atoms with E-state index in [1.165, 1.54) is 47.7 Å². The Labute approximate surface area is 191 Å². The number of aromatic nitrogens is 2. The largest absolute Gasteiger partial charge is 0.495 e. The number of hydrogen-bond donors (Lipinski definition) is 1. The number of para-hydroxylation sites is 2. The number of rotatable bonds is 7. The second-order valence-corrected chi connectivity index (χ2v) is 8.77. The van der Waals surface area contributed by atoms with Crippen molar-refractivity contribution in [2.45, 2.75) is 16.5 Å². The Morgan fingerprint density at radius 3 is 2.75 bits per heavy atom. The molecule has 2 heterocycles. The summed E-state index contributed by atoms with van der Waals surface area (Å²) >= 11 is 2.63. The van der Waals surface area contributed by atoms with E-state index in [1.807, 2.05) is 6.07 Å². The fourth-order valence-electron chi connectivity index (χ4n) is 3.21. The summed E-state index contributed by atoms with van der Waals surface area (Å²) in [5.74, 6) is 0.999. The van der Waals surface area contributed by atoms with Crippen LogP contribution < -0.4 is 15.6 Å². The van der Waals surface area contributed by atoms with Crippen molar-refractivity contribution in [3.05, 3.63) is 74.7 Å². The third kappa shape index (κ3) is 4.48. The third-order valence-corrected chi connectivity index (χ3v) is 6.73. The number of ether oxygens (including phenoxy) is 1. The molecule has 4 rings (SSSR count). The van der Waals surface area contributed by atoms with Gasteiger partial charge >= 0.3 is 0 Å². The fourth-order valence-corrected chi connectivity index (χ4v) is 5.06. The van der Waals surface area contributed by atoms with E-state index in [4.69, 9.17) is 4.74 Å². The molecule has 0 fully saturated rings. The SMILES string of the molecule is COc1ccccc1-n1c(SCC(=O)Nc2ccc([N+](=O)[O-])cc2)nc2c(c1=O)SCC2. The average molecular weight is 471 g/mol. The van der Waals surface area contributed by atoms with Gasteiger partial charge in [0.25, 0.3) is 11.2 Å². The van der Waals surface area contributed by atoms with Gasteiger partial charge in [-0.2, -0.15) is 0 Å². The molecule has 0 bridgehead atoms. The second-order valence-electron chi connectivity index (χ2n) is 6.72. The van der Waals surface area contributed by atoms with Crippen molar-refractivity contribution < 1.29 is 14.5 Å². The smallest absolute Gasteiger partial charge is 0.272 e. The van der Waals surface area contributed by atoms with Gasteiger partial charge in [-0.15, -0.1) is 11.8 Å². The minimum atomic E-state index is -0.504. The number of benzene rings is 2. The van der Waals surface area contributed by atoms with Crippen LogP contribution in [0.1, 0.15) is 5.69 Å². The van der Waals surface area contributed by atoms with Gasteiger partial charge in [0.2, 0.25) is 5.91 Å². The molecule has 3 aromatic rings.